The number of nitrogens with one attached hydrogen (secondary N) is 1. The molecule has 2 saturated heterocycles. The minimum atomic E-state index is -0.833. The van der Waals surface area contributed by atoms with Gasteiger partial charge in [0.15, 0.2) is 5.78 Å². The highest BCUT2D eigenvalue weighted by Gasteiger charge is 2.46. The van der Waals surface area contributed by atoms with Gasteiger partial charge in [-0.25, -0.2) is 0 Å². The lowest BCUT2D eigenvalue weighted by atomic mass is 10.2. The maximum atomic E-state index is 12.3. The average Bonchev–Trinajstić information content (AvgIpc) is 3.11. The van der Waals surface area contributed by atoms with Gasteiger partial charge in [-0.2, -0.15) is 0 Å². The lowest BCUT2D eigenvalue weighted by Crippen LogP contribution is -2.50. The molecule has 2 N–H and O–H groups in total. The number of aliphatic carboxylic acids is 1. The molecule has 22 heavy (non-hydrogen) atoms. The van der Waals surface area contributed by atoms with Crippen molar-refractivity contribution in [3.8, 4) is 0 Å². The van der Waals surface area contributed by atoms with Gasteiger partial charge in [0.1, 0.15) is 6.04 Å². The van der Waals surface area contributed by atoms with Crippen LogP contribution in [0.1, 0.15) is 39.6 Å². The van der Waals surface area contributed by atoms with E-state index >= 15 is 0 Å². The molecule has 1 aromatic rings. The molecule has 0 aromatic carbocycles. The number of Topliss-reactive ketones (excluding diaryl/α,β-unsaturated/α-hetero) is 1. The number of carboxylic acids is 1. The van der Waals surface area contributed by atoms with Crippen LogP contribution < -0.4 is 5.32 Å². The minimum absolute atomic E-state index is 0.0419. The normalized spacial score (nSPS) is 21.9. The van der Waals surface area contributed by atoms with Crippen LogP contribution in [-0.4, -0.2) is 52.2 Å². The Morgan fingerprint density at radius 1 is 1.27 bits per heavy atom. The molecule has 1 aromatic heterocycles. The number of piperazine rings is 1. The fraction of sp³-hybridized carbons (Fsp3) is 0.429. The molecule has 2 atom stereocenters. The van der Waals surface area contributed by atoms with Crippen LogP contribution in [0.4, 0.5) is 0 Å². The van der Waals surface area contributed by atoms with Gasteiger partial charge in [-0.1, -0.05) is 0 Å². The van der Waals surface area contributed by atoms with E-state index in [1.165, 1.54) is 18.3 Å². The summed E-state index contributed by atoms with van der Waals surface area (Å²) < 4.78 is 0. The molecule has 2 bridgehead atoms. The summed E-state index contributed by atoms with van der Waals surface area (Å²) in [6.45, 7) is 3.13. The smallest absolute Gasteiger partial charge is 0.300 e. The molecule has 0 radical (unpaired) electrons. The SMILES string of the molecule is CC(=O)O.CC(=O)c1ccc(C(=O)N2C[C@@H]3C[C@H]2C(=O)N3)s1. The number of hydrogen-bond donors (Lipinski definition) is 2. The first-order valence-corrected chi connectivity index (χ1v) is 7.53. The Morgan fingerprint density at radius 2 is 1.86 bits per heavy atom. The first kappa shape index (κ1) is 16.2. The average molecular weight is 324 g/mol. The van der Waals surface area contributed by atoms with Gasteiger partial charge in [0.25, 0.3) is 11.9 Å². The van der Waals surface area contributed by atoms with Crippen molar-refractivity contribution in [2.45, 2.75) is 32.4 Å². The van der Waals surface area contributed by atoms with Crippen LogP contribution in [0.2, 0.25) is 0 Å². The van der Waals surface area contributed by atoms with E-state index in [1.54, 1.807) is 17.0 Å². The van der Waals surface area contributed by atoms with Crippen molar-refractivity contribution in [1.29, 1.82) is 0 Å². The van der Waals surface area contributed by atoms with Gasteiger partial charge in [0, 0.05) is 19.5 Å². The Bertz CT molecular complexity index is 635. The first-order chi connectivity index (χ1) is 10.3. The summed E-state index contributed by atoms with van der Waals surface area (Å²) in [6.07, 6.45) is 0.704. The van der Waals surface area contributed by atoms with Crippen LogP contribution in [-0.2, 0) is 9.59 Å². The van der Waals surface area contributed by atoms with Crippen LogP contribution in [0.3, 0.4) is 0 Å². The highest BCUT2D eigenvalue weighted by atomic mass is 32.1. The second-order valence-electron chi connectivity index (χ2n) is 5.15. The number of hydrogen-bond acceptors (Lipinski definition) is 5. The number of ketones is 1. The summed E-state index contributed by atoms with van der Waals surface area (Å²) in [5.41, 5.74) is 0. The molecular formula is C14H16N2O5S. The van der Waals surface area contributed by atoms with Crippen LogP contribution in [0, 0.1) is 0 Å². The number of carboxylic acid groups (broad SMARTS) is 1. The zero-order valence-corrected chi connectivity index (χ0v) is 13.0. The number of fused-ring (bicyclic) bond motifs is 2. The fourth-order valence-electron chi connectivity index (χ4n) is 2.49. The molecule has 2 fully saturated rings. The van der Waals surface area contributed by atoms with Gasteiger partial charge >= 0.3 is 0 Å². The van der Waals surface area contributed by atoms with Gasteiger partial charge < -0.3 is 15.3 Å². The molecule has 2 aliphatic heterocycles. The predicted octanol–water partition coefficient (Wildman–Crippen LogP) is 0.755. The van der Waals surface area contributed by atoms with Crippen LogP contribution >= 0.6 is 11.3 Å². The van der Waals surface area contributed by atoms with E-state index in [4.69, 9.17) is 9.90 Å². The Morgan fingerprint density at radius 3 is 2.32 bits per heavy atom. The number of amides is 2. The molecule has 0 unspecified atom stereocenters. The molecule has 3 rings (SSSR count). The van der Waals surface area contributed by atoms with Crippen LogP contribution in [0.15, 0.2) is 12.1 Å². The molecule has 0 spiro atoms. The van der Waals surface area contributed by atoms with Crippen molar-refractivity contribution >= 4 is 34.9 Å². The number of rotatable bonds is 2. The summed E-state index contributed by atoms with van der Waals surface area (Å²) >= 11 is 1.19. The summed E-state index contributed by atoms with van der Waals surface area (Å²) in [6, 6.07) is 3.09. The third-order valence-corrected chi connectivity index (χ3v) is 4.55. The van der Waals surface area contributed by atoms with E-state index in [-0.39, 0.29) is 29.7 Å². The molecule has 0 aliphatic carbocycles. The van der Waals surface area contributed by atoms with Crippen molar-refractivity contribution in [1.82, 2.24) is 10.2 Å². The maximum Gasteiger partial charge on any atom is 0.300 e. The second-order valence-corrected chi connectivity index (χ2v) is 6.24. The minimum Gasteiger partial charge on any atom is -0.481 e. The van der Waals surface area contributed by atoms with E-state index in [1.807, 2.05) is 0 Å². The molecule has 7 nitrogen and oxygen atoms in total. The molecular weight excluding hydrogens is 308 g/mol. The van der Waals surface area contributed by atoms with Gasteiger partial charge in [-0.15, -0.1) is 11.3 Å². The van der Waals surface area contributed by atoms with Crippen LogP contribution in [0.25, 0.3) is 0 Å². The van der Waals surface area contributed by atoms with Gasteiger partial charge in [0.05, 0.1) is 9.75 Å². The Kier molecular flexibility index (Phi) is 4.60. The van der Waals surface area contributed by atoms with Gasteiger partial charge in [-0.3, -0.25) is 19.2 Å². The summed E-state index contributed by atoms with van der Waals surface area (Å²) in [7, 11) is 0. The zero-order valence-electron chi connectivity index (χ0n) is 12.2. The van der Waals surface area contributed by atoms with E-state index in [0.717, 1.165) is 6.92 Å². The van der Waals surface area contributed by atoms with Crippen molar-refractivity contribution in [2.24, 2.45) is 0 Å². The van der Waals surface area contributed by atoms with Crippen LogP contribution in [0.5, 0.6) is 0 Å². The number of carbonyl (C=O) groups is 4. The summed E-state index contributed by atoms with van der Waals surface area (Å²) in [4.78, 5) is 46.7. The number of carbonyl (C=O) groups excluding carboxylic acids is 3. The third-order valence-electron chi connectivity index (χ3n) is 3.37. The lowest BCUT2D eigenvalue weighted by Gasteiger charge is -2.25. The Hall–Kier alpha value is -2.22. The lowest BCUT2D eigenvalue weighted by molar-refractivity contribution is -0.134. The predicted molar refractivity (Wildman–Crippen MR) is 79.0 cm³/mol. The quantitative estimate of drug-likeness (QED) is 0.782. The molecule has 8 heteroatoms. The second kappa shape index (κ2) is 6.27. The number of thiophene rings is 1. The molecule has 0 saturated carbocycles. The summed E-state index contributed by atoms with van der Waals surface area (Å²) in [5, 5.41) is 10.2. The number of nitrogens with zero attached hydrogens (tertiary/aromatic N) is 1. The summed E-state index contributed by atoms with van der Waals surface area (Å²) in [5.74, 6) is -1.09. The highest BCUT2D eigenvalue weighted by molar-refractivity contribution is 7.15. The largest absolute Gasteiger partial charge is 0.481 e. The number of likely N-dealkylation sites (tertiary alicyclic amines) is 1. The standard InChI is InChI=1S/C12H12N2O3S.C2H4O2/c1-6(15)9-2-3-10(18-9)12(17)14-5-7-4-8(14)11(16)13-7;1-2(3)4/h2-3,7-8H,4-5H2,1H3,(H,13,16);1H3,(H,3,4)/t7-,8-;/m0./s1. The fourth-order valence-corrected chi connectivity index (χ4v) is 3.35. The third kappa shape index (κ3) is 3.33. The van der Waals surface area contributed by atoms with Crippen molar-refractivity contribution in [2.75, 3.05) is 6.54 Å². The first-order valence-electron chi connectivity index (χ1n) is 6.71. The van der Waals surface area contributed by atoms with E-state index in [0.29, 0.717) is 22.7 Å². The Labute approximate surface area is 130 Å². The molecule has 118 valence electrons. The van der Waals surface area contributed by atoms with Crippen molar-refractivity contribution < 1.29 is 24.3 Å². The van der Waals surface area contributed by atoms with Crippen molar-refractivity contribution in [3.05, 3.63) is 21.9 Å². The van der Waals surface area contributed by atoms with Gasteiger partial charge in [0.2, 0.25) is 5.91 Å². The Balaban J connectivity index is 0.000000396. The monoisotopic (exact) mass is 324 g/mol. The van der Waals surface area contributed by atoms with Gasteiger partial charge in [-0.05, 0) is 25.5 Å². The maximum absolute atomic E-state index is 12.3. The van der Waals surface area contributed by atoms with E-state index in [9.17, 15) is 14.4 Å². The molecule has 3 heterocycles. The molecule has 2 amide bonds. The zero-order chi connectivity index (χ0) is 16.4. The van der Waals surface area contributed by atoms with E-state index < -0.39 is 5.97 Å². The van der Waals surface area contributed by atoms with Crippen molar-refractivity contribution in [3.63, 3.8) is 0 Å². The highest BCUT2D eigenvalue weighted by Crippen LogP contribution is 2.28. The molecule has 2 aliphatic rings. The van der Waals surface area contributed by atoms with E-state index in [2.05, 4.69) is 5.32 Å². The topological polar surface area (TPSA) is 104 Å².